The minimum atomic E-state index is -0.0862. The largest absolute Gasteiger partial charge is 0.336 e. The highest BCUT2D eigenvalue weighted by atomic mass is 33.1. The highest BCUT2D eigenvalue weighted by Crippen LogP contribution is 2.24. The van der Waals surface area contributed by atoms with Crippen molar-refractivity contribution in [1.82, 2.24) is 10.0 Å². The van der Waals surface area contributed by atoms with Gasteiger partial charge in [0, 0.05) is 22.8 Å². The minimum Gasteiger partial charge on any atom is -0.336 e. The maximum Gasteiger partial charge on any atom is 0.325 e. The number of hydrogen-bond acceptors (Lipinski definition) is 3. The number of nitrogens with one attached hydrogen (secondary N) is 2. The normalized spacial score (nSPS) is 28.1. The Morgan fingerprint density at radius 2 is 2.56 bits per heavy atom. The van der Waals surface area contributed by atoms with Gasteiger partial charge < -0.3 is 5.32 Å². The summed E-state index contributed by atoms with van der Waals surface area (Å²) in [5, 5.41) is 3.20. The molecule has 1 unspecified atom stereocenters. The molecule has 1 rings (SSSR count). The molecule has 2 N–H and O–H groups in total. The van der Waals surface area contributed by atoms with Gasteiger partial charge in [0.2, 0.25) is 0 Å². The maximum absolute atomic E-state index is 10.6. The zero-order valence-electron chi connectivity index (χ0n) is 5.01. The molecule has 0 aromatic carbocycles. The van der Waals surface area contributed by atoms with Gasteiger partial charge in [-0.15, -0.1) is 0 Å². The lowest BCUT2D eigenvalue weighted by Crippen LogP contribution is -2.31. The standard InChI is InChI=1S/C4H8N2OS2/c1-3-2-5-4(7)6-9-8-3/h3H,2H2,1H3,(H2,5,6,7). The van der Waals surface area contributed by atoms with Crippen molar-refractivity contribution in [3.63, 3.8) is 0 Å². The summed E-state index contributed by atoms with van der Waals surface area (Å²) in [5.41, 5.74) is 0. The molecule has 0 bridgehead atoms. The molecule has 9 heavy (non-hydrogen) atoms. The SMILES string of the molecule is CC1CNC(=O)NSS1. The van der Waals surface area contributed by atoms with E-state index in [4.69, 9.17) is 0 Å². The molecule has 1 aliphatic rings. The molecule has 1 saturated heterocycles. The predicted molar refractivity (Wildman–Crippen MR) is 41.2 cm³/mol. The van der Waals surface area contributed by atoms with Gasteiger partial charge in [-0.2, -0.15) is 0 Å². The van der Waals surface area contributed by atoms with Crippen LogP contribution in [0.3, 0.4) is 0 Å². The van der Waals surface area contributed by atoms with Gasteiger partial charge in [-0.1, -0.05) is 17.7 Å². The lowest BCUT2D eigenvalue weighted by Gasteiger charge is -2.01. The summed E-state index contributed by atoms with van der Waals surface area (Å²) in [7, 11) is 3.05. The van der Waals surface area contributed by atoms with E-state index in [1.165, 1.54) is 11.0 Å². The molecule has 0 saturated carbocycles. The fraction of sp³-hybridized carbons (Fsp3) is 0.750. The van der Waals surface area contributed by atoms with Crippen LogP contribution >= 0.6 is 21.8 Å². The molecular formula is C4H8N2OS2. The van der Waals surface area contributed by atoms with Crippen molar-refractivity contribution >= 4 is 27.8 Å². The Morgan fingerprint density at radius 1 is 1.78 bits per heavy atom. The average Bonchev–Trinajstić information content (AvgIpc) is 1.97. The van der Waals surface area contributed by atoms with E-state index in [-0.39, 0.29) is 6.03 Å². The van der Waals surface area contributed by atoms with Crippen molar-refractivity contribution in [2.45, 2.75) is 12.2 Å². The Bertz CT molecular complexity index is 119. The lowest BCUT2D eigenvalue weighted by molar-refractivity contribution is 0.247. The lowest BCUT2D eigenvalue weighted by atomic mass is 10.5. The monoisotopic (exact) mass is 164 g/mol. The van der Waals surface area contributed by atoms with Gasteiger partial charge in [-0.3, -0.25) is 4.72 Å². The molecule has 0 aromatic heterocycles. The second kappa shape index (κ2) is 3.22. The summed E-state index contributed by atoms with van der Waals surface area (Å²) in [6, 6.07) is -0.0862. The summed E-state index contributed by atoms with van der Waals surface area (Å²) in [6.07, 6.45) is 0. The van der Waals surface area contributed by atoms with Crippen LogP contribution in [0, 0.1) is 0 Å². The van der Waals surface area contributed by atoms with Crippen molar-refractivity contribution in [2.24, 2.45) is 0 Å². The Balaban J connectivity index is 2.34. The van der Waals surface area contributed by atoms with Crippen molar-refractivity contribution in [2.75, 3.05) is 6.54 Å². The second-order valence-corrected chi connectivity index (χ2v) is 4.25. The first kappa shape index (κ1) is 7.08. The molecule has 0 spiro atoms. The molecule has 52 valence electrons. The van der Waals surface area contributed by atoms with Gasteiger partial charge in [0.15, 0.2) is 0 Å². The Kier molecular flexibility index (Phi) is 2.53. The molecule has 0 aliphatic carbocycles. The first-order valence-corrected chi connectivity index (χ1v) is 4.86. The Hall–Kier alpha value is -0.0300. The van der Waals surface area contributed by atoms with E-state index < -0.39 is 0 Å². The van der Waals surface area contributed by atoms with Gasteiger partial charge in [-0.05, 0) is 0 Å². The van der Waals surface area contributed by atoms with E-state index in [0.29, 0.717) is 5.25 Å². The fourth-order valence-electron chi connectivity index (χ4n) is 0.451. The highest BCUT2D eigenvalue weighted by molar-refractivity contribution is 8.76. The van der Waals surface area contributed by atoms with E-state index in [1.807, 2.05) is 0 Å². The third kappa shape index (κ3) is 2.36. The number of hydrogen-bond donors (Lipinski definition) is 2. The van der Waals surface area contributed by atoms with E-state index in [0.717, 1.165) is 6.54 Å². The molecule has 3 nitrogen and oxygen atoms in total. The third-order valence-electron chi connectivity index (χ3n) is 0.897. The zero-order chi connectivity index (χ0) is 6.69. The first-order valence-electron chi connectivity index (χ1n) is 2.65. The van der Waals surface area contributed by atoms with Crippen LogP contribution in [-0.2, 0) is 0 Å². The summed E-state index contributed by atoms with van der Waals surface area (Å²) in [6.45, 7) is 2.83. The van der Waals surface area contributed by atoms with Crippen LogP contribution in [0.15, 0.2) is 0 Å². The Labute approximate surface area is 61.9 Å². The van der Waals surface area contributed by atoms with Gasteiger partial charge in [-0.25, -0.2) is 4.79 Å². The topological polar surface area (TPSA) is 41.1 Å². The number of carbonyl (C=O) groups is 1. The molecule has 1 aliphatic heterocycles. The van der Waals surface area contributed by atoms with Crippen LogP contribution in [0.2, 0.25) is 0 Å². The van der Waals surface area contributed by atoms with Gasteiger partial charge in [0.25, 0.3) is 0 Å². The van der Waals surface area contributed by atoms with Crippen LogP contribution in [-0.4, -0.2) is 17.8 Å². The number of carbonyl (C=O) groups excluding carboxylic acids is 1. The minimum absolute atomic E-state index is 0.0862. The quantitative estimate of drug-likeness (QED) is 0.414. The fourth-order valence-corrected chi connectivity index (χ4v) is 2.03. The number of urea groups is 1. The Morgan fingerprint density at radius 3 is 3.33 bits per heavy atom. The van der Waals surface area contributed by atoms with Crippen molar-refractivity contribution in [1.29, 1.82) is 0 Å². The zero-order valence-corrected chi connectivity index (χ0v) is 6.64. The van der Waals surface area contributed by atoms with E-state index >= 15 is 0 Å². The second-order valence-electron chi connectivity index (χ2n) is 1.80. The number of rotatable bonds is 0. The summed E-state index contributed by atoms with van der Waals surface area (Å²) < 4.78 is 2.60. The summed E-state index contributed by atoms with van der Waals surface area (Å²) in [5.74, 6) is 0. The van der Waals surface area contributed by atoms with Crippen LogP contribution in [0.4, 0.5) is 4.79 Å². The molecule has 0 radical (unpaired) electrons. The molecule has 1 fully saturated rings. The van der Waals surface area contributed by atoms with Gasteiger partial charge in [0.05, 0.1) is 0 Å². The molecule has 0 aromatic rings. The smallest absolute Gasteiger partial charge is 0.325 e. The molecular weight excluding hydrogens is 156 g/mol. The third-order valence-corrected chi connectivity index (χ3v) is 3.28. The average molecular weight is 164 g/mol. The molecule has 1 atom stereocenters. The molecule has 1 heterocycles. The van der Waals surface area contributed by atoms with E-state index in [2.05, 4.69) is 17.0 Å². The van der Waals surface area contributed by atoms with Crippen LogP contribution < -0.4 is 10.0 Å². The van der Waals surface area contributed by atoms with Crippen LogP contribution in [0.5, 0.6) is 0 Å². The van der Waals surface area contributed by atoms with Gasteiger partial charge >= 0.3 is 6.03 Å². The van der Waals surface area contributed by atoms with E-state index in [9.17, 15) is 4.79 Å². The van der Waals surface area contributed by atoms with E-state index in [1.54, 1.807) is 10.8 Å². The predicted octanol–water partition coefficient (Wildman–Crippen LogP) is 0.984. The van der Waals surface area contributed by atoms with Crippen molar-refractivity contribution in [3.05, 3.63) is 0 Å². The van der Waals surface area contributed by atoms with Crippen LogP contribution in [0.25, 0.3) is 0 Å². The van der Waals surface area contributed by atoms with Crippen molar-refractivity contribution in [3.8, 4) is 0 Å². The number of amides is 2. The first-order chi connectivity index (χ1) is 4.29. The molecule has 2 amide bonds. The summed E-state index contributed by atoms with van der Waals surface area (Å²) >= 11 is 0. The van der Waals surface area contributed by atoms with Crippen LogP contribution in [0.1, 0.15) is 6.92 Å². The maximum atomic E-state index is 10.6. The molecule has 5 heteroatoms. The van der Waals surface area contributed by atoms with Gasteiger partial charge in [0.1, 0.15) is 0 Å². The summed E-state index contributed by atoms with van der Waals surface area (Å²) in [4.78, 5) is 10.6. The highest BCUT2D eigenvalue weighted by Gasteiger charge is 2.10. The van der Waals surface area contributed by atoms with Crippen molar-refractivity contribution < 1.29 is 4.79 Å².